The van der Waals surface area contributed by atoms with Crippen LogP contribution in [0.3, 0.4) is 0 Å². The molecule has 0 heterocycles. The maximum absolute atomic E-state index is 8.71. The number of benzene rings is 1. The number of aryl methyl sites for hydroxylation is 1. The predicted octanol–water partition coefficient (Wildman–Crippen LogP) is 2.73. The molecule has 0 N–H and O–H groups in total. The molecule has 0 aliphatic rings. The highest BCUT2D eigenvalue weighted by Crippen LogP contribution is 2.21. The maximum atomic E-state index is 8.71. The van der Waals surface area contributed by atoms with E-state index in [0.717, 1.165) is 11.1 Å². The standard InChI is InChI=1S/C10H8N2/c1-7-4-10(12-3)5-9(6-11)8(7)2/h4-5H,1-2H3. The van der Waals surface area contributed by atoms with Crippen LogP contribution < -0.4 is 0 Å². The average molecular weight is 156 g/mol. The summed E-state index contributed by atoms with van der Waals surface area (Å²) < 4.78 is 0. The largest absolute Gasteiger partial charge is 0.238 e. The lowest BCUT2D eigenvalue weighted by molar-refractivity contribution is 1.31. The molecule has 1 aromatic rings. The molecule has 0 saturated heterocycles. The van der Waals surface area contributed by atoms with E-state index in [2.05, 4.69) is 10.9 Å². The molecule has 0 bridgehead atoms. The second-order valence-electron chi connectivity index (χ2n) is 2.66. The summed E-state index contributed by atoms with van der Waals surface area (Å²) in [6.07, 6.45) is 0. The van der Waals surface area contributed by atoms with Crippen molar-refractivity contribution in [1.29, 1.82) is 5.26 Å². The lowest BCUT2D eigenvalue weighted by Gasteiger charge is -2.01. The van der Waals surface area contributed by atoms with Gasteiger partial charge in [0.1, 0.15) is 0 Å². The molecule has 58 valence electrons. The van der Waals surface area contributed by atoms with E-state index in [9.17, 15) is 0 Å². The van der Waals surface area contributed by atoms with E-state index in [4.69, 9.17) is 11.8 Å². The Morgan fingerprint density at radius 3 is 2.58 bits per heavy atom. The molecule has 0 aliphatic carbocycles. The monoisotopic (exact) mass is 156 g/mol. The Balaban J connectivity index is 3.44. The van der Waals surface area contributed by atoms with E-state index in [0.29, 0.717) is 11.3 Å². The van der Waals surface area contributed by atoms with Crippen molar-refractivity contribution in [3.8, 4) is 6.07 Å². The Hall–Kier alpha value is -1.80. The molecule has 0 atom stereocenters. The molecule has 2 heteroatoms. The molecule has 1 aromatic carbocycles. The van der Waals surface area contributed by atoms with Gasteiger partial charge in [-0.15, -0.1) is 0 Å². The van der Waals surface area contributed by atoms with E-state index in [1.807, 2.05) is 13.8 Å². The van der Waals surface area contributed by atoms with E-state index < -0.39 is 0 Å². The summed E-state index contributed by atoms with van der Waals surface area (Å²) in [5.74, 6) is 0. The van der Waals surface area contributed by atoms with Crippen LogP contribution in [-0.4, -0.2) is 0 Å². The second kappa shape index (κ2) is 3.07. The highest BCUT2D eigenvalue weighted by atomic mass is 14.6. The molecule has 2 nitrogen and oxygen atoms in total. The third kappa shape index (κ3) is 1.28. The number of nitriles is 1. The first-order valence-electron chi connectivity index (χ1n) is 3.58. The second-order valence-corrected chi connectivity index (χ2v) is 2.66. The minimum absolute atomic E-state index is 0.537. The van der Waals surface area contributed by atoms with Crippen LogP contribution in [0.2, 0.25) is 0 Å². The quantitative estimate of drug-likeness (QED) is 0.531. The lowest BCUT2D eigenvalue weighted by Crippen LogP contribution is -1.85. The SMILES string of the molecule is [C-]#[N+]c1cc(C)c(C)c(C#N)c1. The zero-order valence-corrected chi connectivity index (χ0v) is 7.05. The van der Waals surface area contributed by atoms with Crippen molar-refractivity contribution >= 4 is 5.69 Å². The fourth-order valence-corrected chi connectivity index (χ4v) is 1.02. The van der Waals surface area contributed by atoms with E-state index in [1.54, 1.807) is 12.1 Å². The van der Waals surface area contributed by atoms with E-state index >= 15 is 0 Å². The summed E-state index contributed by atoms with van der Waals surface area (Å²) in [5, 5.41) is 8.71. The van der Waals surface area contributed by atoms with Crippen LogP contribution in [0.25, 0.3) is 4.85 Å². The zero-order chi connectivity index (χ0) is 9.14. The van der Waals surface area contributed by atoms with Gasteiger partial charge in [0.25, 0.3) is 0 Å². The maximum Gasteiger partial charge on any atom is 0.188 e. The third-order valence-electron chi connectivity index (χ3n) is 1.90. The Morgan fingerprint density at radius 2 is 2.08 bits per heavy atom. The van der Waals surface area contributed by atoms with Crippen molar-refractivity contribution in [2.45, 2.75) is 13.8 Å². The van der Waals surface area contributed by atoms with Gasteiger partial charge in [0.2, 0.25) is 0 Å². The molecule has 0 aliphatic heterocycles. The molecular formula is C10H8N2. The van der Waals surface area contributed by atoms with Gasteiger partial charge in [-0.3, -0.25) is 0 Å². The predicted molar refractivity (Wildman–Crippen MR) is 46.9 cm³/mol. The normalized spacial score (nSPS) is 8.67. The summed E-state index contributed by atoms with van der Waals surface area (Å²) in [7, 11) is 0. The minimum Gasteiger partial charge on any atom is -0.238 e. The highest BCUT2D eigenvalue weighted by molar-refractivity contribution is 5.56. The minimum atomic E-state index is 0.537. The van der Waals surface area contributed by atoms with Gasteiger partial charge in [0, 0.05) is 5.56 Å². The van der Waals surface area contributed by atoms with Crippen LogP contribution in [0.4, 0.5) is 5.69 Å². The van der Waals surface area contributed by atoms with Gasteiger partial charge in [0.15, 0.2) is 5.69 Å². The summed E-state index contributed by atoms with van der Waals surface area (Å²) in [6, 6.07) is 5.48. The van der Waals surface area contributed by atoms with Gasteiger partial charge in [-0.2, -0.15) is 5.26 Å². The van der Waals surface area contributed by atoms with Crippen LogP contribution in [0.15, 0.2) is 12.1 Å². The van der Waals surface area contributed by atoms with Crippen LogP contribution in [-0.2, 0) is 0 Å². The molecule has 0 spiro atoms. The Labute approximate surface area is 71.9 Å². The molecule has 0 aromatic heterocycles. The van der Waals surface area contributed by atoms with Gasteiger partial charge in [0.05, 0.1) is 12.6 Å². The van der Waals surface area contributed by atoms with E-state index in [-0.39, 0.29) is 0 Å². The van der Waals surface area contributed by atoms with Crippen LogP contribution in [0.1, 0.15) is 16.7 Å². The van der Waals surface area contributed by atoms with Gasteiger partial charge >= 0.3 is 0 Å². The molecule has 0 amide bonds. The lowest BCUT2D eigenvalue weighted by atomic mass is 10.0. The molecule has 0 fully saturated rings. The van der Waals surface area contributed by atoms with Crippen LogP contribution in [0, 0.1) is 31.8 Å². The van der Waals surface area contributed by atoms with Crippen LogP contribution >= 0.6 is 0 Å². The Bertz CT molecular complexity index is 392. The molecule has 0 radical (unpaired) electrons. The summed E-state index contributed by atoms with van der Waals surface area (Å²) >= 11 is 0. The number of rotatable bonds is 0. The first-order valence-corrected chi connectivity index (χ1v) is 3.58. The topological polar surface area (TPSA) is 28.1 Å². The van der Waals surface area contributed by atoms with Crippen molar-refractivity contribution in [1.82, 2.24) is 0 Å². The van der Waals surface area contributed by atoms with E-state index in [1.165, 1.54) is 0 Å². The van der Waals surface area contributed by atoms with Gasteiger partial charge in [-0.1, -0.05) is 11.6 Å². The Morgan fingerprint density at radius 1 is 1.42 bits per heavy atom. The molecule has 1 rings (SSSR count). The number of nitrogens with zero attached hydrogens (tertiary/aromatic N) is 2. The van der Waals surface area contributed by atoms with Gasteiger partial charge in [-0.25, -0.2) is 4.85 Å². The van der Waals surface area contributed by atoms with Crippen molar-refractivity contribution in [3.63, 3.8) is 0 Å². The molecule has 12 heavy (non-hydrogen) atoms. The molecular weight excluding hydrogens is 148 g/mol. The van der Waals surface area contributed by atoms with Crippen molar-refractivity contribution in [2.75, 3.05) is 0 Å². The van der Waals surface area contributed by atoms with Crippen molar-refractivity contribution in [3.05, 3.63) is 40.2 Å². The van der Waals surface area contributed by atoms with Crippen molar-refractivity contribution in [2.24, 2.45) is 0 Å². The van der Waals surface area contributed by atoms with Gasteiger partial charge < -0.3 is 0 Å². The zero-order valence-electron chi connectivity index (χ0n) is 7.05. The third-order valence-corrected chi connectivity index (χ3v) is 1.90. The summed E-state index contributed by atoms with van der Waals surface area (Å²) in [6.45, 7) is 10.6. The fraction of sp³-hybridized carbons (Fsp3) is 0.200. The average Bonchev–Trinajstić information content (AvgIpc) is 2.09. The molecule has 0 unspecified atom stereocenters. The van der Waals surface area contributed by atoms with Gasteiger partial charge in [-0.05, 0) is 25.5 Å². The number of hydrogen-bond acceptors (Lipinski definition) is 1. The first-order chi connectivity index (χ1) is 5.69. The summed E-state index contributed by atoms with van der Waals surface area (Å²) in [5.41, 5.74) is 3.10. The molecule has 0 saturated carbocycles. The van der Waals surface area contributed by atoms with Crippen molar-refractivity contribution < 1.29 is 0 Å². The van der Waals surface area contributed by atoms with Crippen LogP contribution in [0.5, 0.6) is 0 Å². The highest BCUT2D eigenvalue weighted by Gasteiger charge is 2.02. The fourth-order valence-electron chi connectivity index (χ4n) is 1.02. The Kier molecular flexibility index (Phi) is 2.12. The first kappa shape index (κ1) is 8.30. The summed E-state index contributed by atoms with van der Waals surface area (Å²) in [4.78, 5) is 3.28. The smallest absolute Gasteiger partial charge is 0.188 e. The number of hydrogen-bond donors (Lipinski definition) is 0.